The molecule has 0 spiro atoms. The molecule has 0 aromatic heterocycles. The number of para-hydroxylation sites is 1. The summed E-state index contributed by atoms with van der Waals surface area (Å²) in [5.41, 5.74) is 1.26. The minimum Gasteiger partial charge on any atom is -0.376 e. The van der Waals surface area contributed by atoms with Gasteiger partial charge in [-0.1, -0.05) is 29.8 Å². The fourth-order valence-corrected chi connectivity index (χ4v) is 3.14. The Hall–Kier alpha value is -2.21. The van der Waals surface area contributed by atoms with Crippen molar-refractivity contribution in [2.75, 3.05) is 23.3 Å². The van der Waals surface area contributed by atoms with Crippen LogP contribution in [0.4, 0.5) is 24.5 Å². The molecule has 1 heterocycles. The van der Waals surface area contributed by atoms with Crippen molar-refractivity contribution in [3.63, 3.8) is 0 Å². The van der Waals surface area contributed by atoms with Crippen molar-refractivity contribution in [2.24, 2.45) is 0 Å². The summed E-state index contributed by atoms with van der Waals surface area (Å²) in [5, 5.41) is 2.40. The number of benzene rings is 2. The summed E-state index contributed by atoms with van der Waals surface area (Å²) in [7, 11) is 0. The molecule has 0 radical (unpaired) electrons. The highest BCUT2D eigenvalue weighted by Gasteiger charge is 2.33. The molecule has 3 rings (SSSR count). The number of aryl methyl sites for hydroxylation is 1. The molecule has 1 aliphatic rings. The van der Waals surface area contributed by atoms with Crippen LogP contribution in [0, 0.1) is 0 Å². The Bertz CT molecular complexity index is 792. The van der Waals surface area contributed by atoms with Gasteiger partial charge in [0.1, 0.15) is 0 Å². The highest BCUT2D eigenvalue weighted by molar-refractivity contribution is 6.31. The molecular weight excluding hydrogens is 353 g/mol. The van der Waals surface area contributed by atoms with E-state index in [0.29, 0.717) is 6.54 Å². The Morgan fingerprint density at radius 3 is 2.72 bits per heavy atom. The summed E-state index contributed by atoms with van der Waals surface area (Å²) < 4.78 is 38.7. The summed E-state index contributed by atoms with van der Waals surface area (Å²) in [6, 6.07) is 11.2. The second-order valence-electron chi connectivity index (χ2n) is 5.82. The number of nitrogens with zero attached hydrogens (tertiary/aromatic N) is 1. The predicted molar refractivity (Wildman–Crippen MR) is 92.1 cm³/mol. The molecule has 2 aromatic rings. The molecule has 0 aliphatic carbocycles. The van der Waals surface area contributed by atoms with Gasteiger partial charge in [0.25, 0.3) is 0 Å². The van der Waals surface area contributed by atoms with Gasteiger partial charge < -0.3 is 10.2 Å². The van der Waals surface area contributed by atoms with E-state index in [0.717, 1.165) is 30.2 Å². The Morgan fingerprint density at radius 2 is 1.96 bits per heavy atom. The van der Waals surface area contributed by atoms with Gasteiger partial charge in [0.05, 0.1) is 17.1 Å². The summed E-state index contributed by atoms with van der Waals surface area (Å²) in [6.45, 7) is 0.513. The van der Waals surface area contributed by atoms with Crippen molar-refractivity contribution in [1.82, 2.24) is 0 Å². The number of carbonyl (C=O) groups is 1. The maximum atomic E-state index is 12.9. The average Bonchev–Trinajstić information content (AvgIpc) is 2.59. The van der Waals surface area contributed by atoms with Crippen molar-refractivity contribution in [3.05, 3.63) is 58.6 Å². The van der Waals surface area contributed by atoms with Crippen LogP contribution >= 0.6 is 11.6 Å². The molecule has 1 amide bonds. The van der Waals surface area contributed by atoms with E-state index in [1.807, 2.05) is 24.3 Å². The quantitative estimate of drug-likeness (QED) is 0.848. The van der Waals surface area contributed by atoms with E-state index in [1.54, 1.807) is 4.90 Å². The lowest BCUT2D eigenvalue weighted by Crippen LogP contribution is -2.39. The van der Waals surface area contributed by atoms with E-state index in [1.165, 1.54) is 12.1 Å². The molecule has 0 fully saturated rings. The van der Waals surface area contributed by atoms with Crippen LogP contribution in [0.1, 0.15) is 17.5 Å². The smallest absolute Gasteiger partial charge is 0.376 e. The van der Waals surface area contributed by atoms with Crippen molar-refractivity contribution in [1.29, 1.82) is 0 Å². The summed E-state index contributed by atoms with van der Waals surface area (Å²) in [5.74, 6) is -0.185. The lowest BCUT2D eigenvalue weighted by molar-refractivity contribution is -0.137. The second kappa shape index (κ2) is 6.96. The van der Waals surface area contributed by atoms with Gasteiger partial charge in [0.2, 0.25) is 5.91 Å². The maximum Gasteiger partial charge on any atom is 0.417 e. The zero-order valence-electron chi connectivity index (χ0n) is 13.2. The minimum absolute atomic E-state index is 0.0900. The first-order chi connectivity index (χ1) is 11.9. The van der Waals surface area contributed by atoms with Crippen LogP contribution < -0.4 is 10.2 Å². The highest BCUT2D eigenvalue weighted by Crippen LogP contribution is 2.36. The highest BCUT2D eigenvalue weighted by atomic mass is 35.5. The number of amides is 1. The average molecular weight is 369 g/mol. The summed E-state index contributed by atoms with van der Waals surface area (Å²) in [4.78, 5) is 14.2. The molecule has 0 unspecified atom stereocenters. The first-order valence-corrected chi connectivity index (χ1v) is 8.23. The summed E-state index contributed by atoms with van der Waals surface area (Å²) in [6.07, 6.45) is -2.76. The van der Waals surface area contributed by atoms with Crippen LogP contribution in [-0.4, -0.2) is 19.0 Å². The van der Waals surface area contributed by atoms with Crippen molar-refractivity contribution in [2.45, 2.75) is 19.0 Å². The molecule has 1 N–H and O–H groups in total. The molecule has 1 aliphatic heterocycles. The fraction of sp³-hybridized carbons (Fsp3) is 0.278. The van der Waals surface area contributed by atoms with E-state index < -0.39 is 11.7 Å². The number of hydrogen-bond donors (Lipinski definition) is 1. The van der Waals surface area contributed by atoms with Gasteiger partial charge in [-0.05, 0) is 42.7 Å². The van der Waals surface area contributed by atoms with Gasteiger partial charge in [0.15, 0.2) is 0 Å². The molecule has 2 aromatic carbocycles. The van der Waals surface area contributed by atoms with Crippen molar-refractivity contribution >= 4 is 28.9 Å². The number of fused-ring (bicyclic) bond motifs is 1. The molecule has 0 saturated heterocycles. The van der Waals surface area contributed by atoms with E-state index >= 15 is 0 Å². The molecule has 0 bridgehead atoms. The molecule has 0 atom stereocenters. The first kappa shape index (κ1) is 17.6. The Balaban J connectivity index is 1.72. The van der Waals surface area contributed by atoms with E-state index in [4.69, 9.17) is 11.6 Å². The van der Waals surface area contributed by atoms with Gasteiger partial charge in [-0.3, -0.25) is 4.79 Å². The first-order valence-electron chi connectivity index (χ1n) is 7.85. The Morgan fingerprint density at radius 1 is 1.20 bits per heavy atom. The maximum absolute atomic E-state index is 12.9. The van der Waals surface area contributed by atoms with E-state index in [9.17, 15) is 18.0 Å². The van der Waals surface area contributed by atoms with Crippen LogP contribution in [0.3, 0.4) is 0 Å². The number of anilines is 2. The largest absolute Gasteiger partial charge is 0.417 e. The predicted octanol–water partition coefficient (Wildman–Crippen LogP) is 4.75. The zero-order chi connectivity index (χ0) is 18.0. The molecule has 3 nitrogen and oxygen atoms in total. The topological polar surface area (TPSA) is 32.3 Å². The van der Waals surface area contributed by atoms with E-state index in [2.05, 4.69) is 5.32 Å². The SMILES string of the molecule is O=C(CNc1ccc(Cl)c(C(F)(F)F)c1)N1CCCc2ccccc21. The lowest BCUT2D eigenvalue weighted by atomic mass is 10.0. The molecule has 0 saturated carbocycles. The molecule has 7 heteroatoms. The van der Waals surface area contributed by atoms with Crippen LogP contribution in [0.25, 0.3) is 0 Å². The molecule has 132 valence electrons. The second-order valence-corrected chi connectivity index (χ2v) is 6.23. The van der Waals surface area contributed by atoms with Gasteiger partial charge >= 0.3 is 6.18 Å². The number of halogens is 4. The van der Waals surface area contributed by atoms with Crippen LogP contribution in [0.5, 0.6) is 0 Å². The van der Waals surface area contributed by atoms with Gasteiger partial charge in [-0.25, -0.2) is 0 Å². The zero-order valence-corrected chi connectivity index (χ0v) is 14.0. The normalized spacial score (nSPS) is 14.2. The van der Waals surface area contributed by atoms with Crippen LogP contribution in [0.2, 0.25) is 5.02 Å². The number of carbonyl (C=O) groups excluding carboxylic acids is 1. The van der Waals surface area contributed by atoms with Gasteiger partial charge in [-0.15, -0.1) is 0 Å². The van der Waals surface area contributed by atoms with Crippen LogP contribution in [-0.2, 0) is 17.4 Å². The third-order valence-corrected chi connectivity index (χ3v) is 4.46. The number of nitrogens with one attached hydrogen (secondary N) is 1. The van der Waals surface area contributed by atoms with Crippen LogP contribution in [0.15, 0.2) is 42.5 Å². The minimum atomic E-state index is -4.54. The number of rotatable bonds is 3. The molecular formula is C18H16ClF3N2O. The van der Waals surface area contributed by atoms with Gasteiger partial charge in [0, 0.05) is 17.9 Å². The third kappa shape index (κ3) is 3.90. The van der Waals surface area contributed by atoms with E-state index in [-0.39, 0.29) is 23.2 Å². The van der Waals surface area contributed by atoms with Crippen molar-refractivity contribution in [3.8, 4) is 0 Å². The standard InChI is InChI=1S/C18H16ClF3N2O/c19-15-8-7-13(10-14(15)18(20,21)22)23-11-17(25)24-9-3-5-12-4-1-2-6-16(12)24/h1-2,4,6-8,10,23H,3,5,9,11H2. The molecule has 25 heavy (non-hydrogen) atoms. The number of alkyl halides is 3. The summed E-state index contributed by atoms with van der Waals surface area (Å²) >= 11 is 5.60. The fourth-order valence-electron chi connectivity index (χ4n) is 2.92. The lowest BCUT2D eigenvalue weighted by Gasteiger charge is -2.29. The van der Waals surface area contributed by atoms with Crippen molar-refractivity contribution < 1.29 is 18.0 Å². The Kier molecular flexibility index (Phi) is 4.90. The third-order valence-electron chi connectivity index (χ3n) is 4.13. The monoisotopic (exact) mass is 368 g/mol. The Labute approximate surface area is 148 Å². The number of hydrogen-bond acceptors (Lipinski definition) is 2. The van der Waals surface area contributed by atoms with Gasteiger partial charge in [-0.2, -0.15) is 13.2 Å².